The number of halogens is 4. The Hall–Kier alpha value is -1.26. The first kappa shape index (κ1) is 14.7. The van der Waals surface area contributed by atoms with E-state index in [4.69, 9.17) is 0 Å². The molecular weight excluding hydrogens is 402 g/mol. The molecule has 106 valence electrons. The van der Waals surface area contributed by atoms with Crippen LogP contribution in [-0.4, -0.2) is 0 Å². The fourth-order valence-corrected chi connectivity index (χ4v) is 3.48. The molecular formula is C17H10Br2F2. The highest BCUT2D eigenvalue weighted by Gasteiger charge is 2.18. The van der Waals surface area contributed by atoms with E-state index in [1.807, 2.05) is 12.1 Å². The molecule has 0 radical (unpaired) electrons. The lowest BCUT2D eigenvalue weighted by Gasteiger charge is -2.15. The quantitative estimate of drug-likeness (QED) is 0.430. The summed E-state index contributed by atoms with van der Waals surface area (Å²) < 4.78 is 28.7. The van der Waals surface area contributed by atoms with Gasteiger partial charge in [-0.1, -0.05) is 68.3 Å². The lowest BCUT2D eigenvalue weighted by atomic mass is 9.98. The van der Waals surface area contributed by atoms with Crippen molar-refractivity contribution in [2.45, 2.75) is 4.83 Å². The maximum atomic E-state index is 14.1. The minimum atomic E-state index is -0.337. The minimum Gasteiger partial charge on any atom is -0.207 e. The smallest absolute Gasteiger partial charge is 0.131 e. The van der Waals surface area contributed by atoms with Gasteiger partial charge in [0.1, 0.15) is 11.6 Å². The molecule has 0 aliphatic carbocycles. The highest BCUT2D eigenvalue weighted by Crippen LogP contribution is 2.37. The molecule has 0 aliphatic rings. The summed E-state index contributed by atoms with van der Waals surface area (Å²) in [7, 11) is 0. The van der Waals surface area contributed by atoms with Gasteiger partial charge in [-0.25, -0.2) is 8.78 Å². The van der Waals surface area contributed by atoms with E-state index < -0.39 is 0 Å². The zero-order valence-electron chi connectivity index (χ0n) is 10.8. The third kappa shape index (κ3) is 2.74. The topological polar surface area (TPSA) is 0 Å². The summed E-state index contributed by atoms with van der Waals surface area (Å²) in [6, 6.07) is 15.3. The molecule has 0 fully saturated rings. The Balaban J connectivity index is 2.18. The van der Waals surface area contributed by atoms with E-state index in [1.54, 1.807) is 30.3 Å². The molecule has 3 aromatic rings. The summed E-state index contributed by atoms with van der Waals surface area (Å²) in [6.07, 6.45) is 0. The number of hydrogen-bond acceptors (Lipinski definition) is 0. The van der Waals surface area contributed by atoms with E-state index in [-0.39, 0.29) is 16.5 Å². The van der Waals surface area contributed by atoms with Crippen LogP contribution in [0, 0.1) is 11.6 Å². The summed E-state index contributed by atoms with van der Waals surface area (Å²) in [4.78, 5) is -0.337. The molecule has 0 aliphatic heterocycles. The molecule has 0 heterocycles. The predicted molar refractivity (Wildman–Crippen MR) is 88.8 cm³/mol. The second kappa shape index (κ2) is 5.85. The van der Waals surface area contributed by atoms with Crippen LogP contribution < -0.4 is 0 Å². The SMILES string of the molecule is Fc1cc(Br)ccc1C(Br)c1ccc(F)c2ccccc12. The van der Waals surface area contributed by atoms with Gasteiger partial charge in [-0.05, 0) is 29.1 Å². The standard InChI is InChI=1S/C17H10Br2F2/c18-10-5-6-14(16(21)9-10)17(19)13-7-8-15(20)12-4-2-1-3-11(12)13/h1-9,17H. The maximum Gasteiger partial charge on any atom is 0.131 e. The van der Waals surface area contributed by atoms with Crippen LogP contribution in [0.2, 0.25) is 0 Å². The first-order valence-corrected chi connectivity index (χ1v) is 8.05. The van der Waals surface area contributed by atoms with Crippen molar-refractivity contribution in [2.75, 3.05) is 0 Å². The Bertz CT molecular complexity index is 815. The van der Waals surface area contributed by atoms with Crippen LogP contribution in [0.3, 0.4) is 0 Å². The van der Waals surface area contributed by atoms with Gasteiger partial charge in [-0.15, -0.1) is 0 Å². The van der Waals surface area contributed by atoms with Crippen LogP contribution in [0.15, 0.2) is 59.1 Å². The average molecular weight is 412 g/mol. The maximum absolute atomic E-state index is 14.1. The van der Waals surface area contributed by atoms with Gasteiger partial charge in [0.05, 0.1) is 4.83 Å². The number of benzene rings is 3. The summed E-state index contributed by atoms with van der Waals surface area (Å²) in [5.41, 5.74) is 1.36. The average Bonchev–Trinajstić information content (AvgIpc) is 2.47. The summed E-state index contributed by atoms with van der Waals surface area (Å²) in [5, 5.41) is 1.32. The van der Waals surface area contributed by atoms with E-state index in [9.17, 15) is 8.78 Å². The van der Waals surface area contributed by atoms with E-state index in [0.717, 1.165) is 10.9 Å². The third-order valence-electron chi connectivity index (χ3n) is 3.41. The summed E-state index contributed by atoms with van der Waals surface area (Å²) in [6.45, 7) is 0. The summed E-state index contributed by atoms with van der Waals surface area (Å²) >= 11 is 6.78. The van der Waals surface area contributed by atoms with Gasteiger partial charge in [-0.2, -0.15) is 0 Å². The van der Waals surface area contributed by atoms with E-state index in [1.165, 1.54) is 12.1 Å². The van der Waals surface area contributed by atoms with E-state index in [0.29, 0.717) is 15.4 Å². The van der Waals surface area contributed by atoms with Gasteiger partial charge in [-0.3, -0.25) is 0 Å². The monoisotopic (exact) mass is 410 g/mol. The van der Waals surface area contributed by atoms with Gasteiger partial charge in [0.25, 0.3) is 0 Å². The molecule has 0 spiro atoms. The molecule has 3 rings (SSSR count). The number of fused-ring (bicyclic) bond motifs is 1. The van der Waals surface area contributed by atoms with Crippen LogP contribution >= 0.6 is 31.9 Å². The molecule has 3 aromatic carbocycles. The summed E-state index contributed by atoms with van der Waals surface area (Å²) in [5.74, 6) is -0.579. The molecule has 0 bridgehead atoms. The highest BCUT2D eigenvalue weighted by molar-refractivity contribution is 9.10. The van der Waals surface area contributed by atoms with E-state index in [2.05, 4.69) is 31.9 Å². The van der Waals surface area contributed by atoms with E-state index >= 15 is 0 Å². The minimum absolute atomic E-state index is 0.273. The lowest BCUT2D eigenvalue weighted by Crippen LogP contribution is -1.98. The Morgan fingerprint density at radius 1 is 0.762 bits per heavy atom. The number of hydrogen-bond donors (Lipinski definition) is 0. The molecule has 0 saturated heterocycles. The van der Waals surface area contributed by atoms with Crippen LogP contribution in [0.5, 0.6) is 0 Å². The second-order valence-corrected chi connectivity index (χ2v) is 6.54. The van der Waals surface area contributed by atoms with Gasteiger partial charge >= 0.3 is 0 Å². The normalized spacial score (nSPS) is 12.6. The van der Waals surface area contributed by atoms with Gasteiger partial charge in [0.2, 0.25) is 0 Å². The van der Waals surface area contributed by atoms with Crippen molar-refractivity contribution in [1.82, 2.24) is 0 Å². The van der Waals surface area contributed by atoms with Crippen molar-refractivity contribution in [3.8, 4) is 0 Å². The van der Waals surface area contributed by atoms with Crippen LogP contribution in [0.4, 0.5) is 8.78 Å². The van der Waals surface area contributed by atoms with Crippen LogP contribution in [0.25, 0.3) is 10.8 Å². The van der Waals surface area contributed by atoms with Crippen molar-refractivity contribution >= 4 is 42.6 Å². The Morgan fingerprint density at radius 2 is 1.43 bits per heavy atom. The van der Waals surface area contributed by atoms with Crippen molar-refractivity contribution < 1.29 is 8.78 Å². The first-order chi connectivity index (χ1) is 10.1. The molecule has 0 nitrogen and oxygen atoms in total. The second-order valence-electron chi connectivity index (χ2n) is 4.71. The van der Waals surface area contributed by atoms with Gasteiger partial charge < -0.3 is 0 Å². The Morgan fingerprint density at radius 3 is 2.14 bits per heavy atom. The highest BCUT2D eigenvalue weighted by atomic mass is 79.9. The Labute approximate surface area is 138 Å². The molecule has 0 saturated carbocycles. The van der Waals surface area contributed by atoms with Crippen molar-refractivity contribution in [2.24, 2.45) is 0 Å². The fraction of sp³-hybridized carbons (Fsp3) is 0.0588. The van der Waals surface area contributed by atoms with Gasteiger partial charge in [0, 0.05) is 15.4 Å². The number of alkyl halides is 1. The molecule has 0 amide bonds. The van der Waals surface area contributed by atoms with Crippen molar-refractivity contribution in [3.05, 3.63) is 81.8 Å². The predicted octanol–water partition coefficient (Wildman–Crippen LogP) is 6.36. The molecule has 1 atom stereocenters. The fourth-order valence-electron chi connectivity index (χ4n) is 2.38. The largest absolute Gasteiger partial charge is 0.207 e. The first-order valence-electron chi connectivity index (χ1n) is 6.34. The van der Waals surface area contributed by atoms with Crippen LogP contribution in [0.1, 0.15) is 16.0 Å². The van der Waals surface area contributed by atoms with Crippen LogP contribution in [-0.2, 0) is 0 Å². The molecule has 1 unspecified atom stereocenters. The Kier molecular flexibility index (Phi) is 4.09. The lowest BCUT2D eigenvalue weighted by molar-refractivity contribution is 0.612. The van der Waals surface area contributed by atoms with Gasteiger partial charge in [0.15, 0.2) is 0 Å². The zero-order chi connectivity index (χ0) is 15.0. The van der Waals surface area contributed by atoms with Crippen molar-refractivity contribution in [1.29, 1.82) is 0 Å². The zero-order valence-corrected chi connectivity index (χ0v) is 14.0. The molecule has 4 heteroatoms. The molecule has 21 heavy (non-hydrogen) atoms. The number of rotatable bonds is 2. The molecule has 0 aromatic heterocycles. The third-order valence-corrected chi connectivity index (χ3v) is 4.89. The molecule has 0 N–H and O–H groups in total. The van der Waals surface area contributed by atoms with Crippen molar-refractivity contribution in [3.63, 3.8) is 0 Å².